The normalized spacial score (nSPS) is 15.9. The molecule has 3 rings (SSSR count). The quantitative estimate of drug-likeness (QED) is 0.806. The number of halogens is 3. The lowest BCUT2D eigenvalue weighted by molar-refractivity contribution is -0.274. The number of fused-ring (bicyclic) bond motifs is 1. The fourth-order valence-corrected chi connectivity index (χ4v) is 2.14. The molecule has 1 aromatic carbocycles. The Labute approximate surface area is 101 Å². The monoisotopic (exact) mass is 253 g/mol. The van der Waals surface area contributed by atoms with Crippen molar-refractivity contribution in [2.75, 3.05) is 0 Å². The predicted octanol–water partition coefficient (Wildman–Crippen LogP) is 4.01. The molecule has 1 saturated carbocycles. The zero-order chi connectivity index (χ0) is 12.8. The van der Waals surface area contributed by atoms with E-state index in [4.69, 9.17) is 0 Å². The van der Waals surface area contributed by atoms with Crippen LogP contribution in [-0.2, 0) is 0 Å². The van der Waals surface area contributed by atoms with Crippen molar-refractivity contribution in [1.82, 2.24) is 4.98 Å². The molecule has 1 fully saturated rings. The fourth-order valence-electron chi connectivity index (χ4n) is 2.14. The van der Waals surface area contributed by atoms with Gasteiger partial charge < -0.3 is 4.74 Å². The number of ether oxygens (including phenoxy) is 1. The van der Waals surface area contributed by atoms with E-state index in [0.29, 0.717) is 11.3 Å². The number of nitrogens with zero attached hydrogens (tertiary/aromatic N) is 1. The number of aromatic nitrogens is 1. The molecule has 0 spiro atoms. The fraction of sp³-hybridized carbons (Fsp3) is 0.308. The van der Waals surface area contributed by atoms with E-state index in [1.54, 1.807) is 12.4 Å². The summed E-state index contributed by atoms with van der Waals surface area (Å²) in [4.78, 5) is 3.93. The first-order chi connectivity index (χ1) is 8.53. The van der Waals surface area contributed by atoms with Gasteiger partial charge in [-0.15, -0.1) is 13.2 Å². The predicted molar refractivity (Wildman–Crippen MR) is 60.4 cm³/mol. The van der Waals surface area contributed by atoms with Crippen LogP contribution in [0.25, 0.3) is 10.8 Å². The summed E-state index contributed by atoms with van der Waals surface area (Å²) in [5.74, 6) is 0.191. The molecule has 1 aliphatic rings. The van der Waals surface area contributed by atoms with Gasteiger partial charge in [0.25, 0.3) is 0 Å². The highest BCUT2D eigenvalue weighted by atomic mass is 19.4. The van der Waals surface area contributed by atoms with Crippen LogP contribution in [0, 0.1) is 0 Å². The van der Waals surface area contributed by atoms with Crippen molar-refractivity contribution in [1.29, 1.82) is 0 Å². The van der Waals surface area contributed by atoms with Gasteiger partial charge in [-0.2, -0.15) is 0 Å². The first-order valence-electron chi connectivity index (χ1n) is 5.66. The van der Waals surface area contributed by atoms with Crippen molar-refractivity contribution in [2.24, 2.45) is 0 Å². The van der Waals surface area contributed by atoms with Gasteiger partial charge in [0.1, 0.15) is 5.75 Å². The zero-order valence-corrected chi connectivity index (χ0v) is 9.37. The van der Waals surface area contributed by atoms with Crippen molar-refractivity contribution >= 4 is 10.8 Å². The van der Waals surface area contributed by atoms with Gasteiger partial charge >= 0.3 is 6.36 Å². The minimum atomic E-state index is -4.66. The van der Waals surface area contributed by atoms with Crippen LogP contribution in [0.15, 0.2) is 30.6 Å². The van der Waals surface area contributed by atoms with Gasteiger partial charge in [0.15, 0.2) is 0 Å². The van der Waals surface area contributed by atoms with Gasteiger partial charge in [0, 0.05) is 17.8 Å². The minimum Gasteiger partial charge on any atom is -0.406 e. The van der Waals surface area contributed by atoms with Crippen molar-refractivity contribution in [2.45, 2.75) is 25.1 Å². The van der Waals surface area contributed by atoms with Crippen LogP contribution >= 0.6 is 0 Å². The molecule has 18 heavy (non-hydrogen) atoms. The lowest BCUT2D eigenvalue weighted by atomic mass is 10.0. The van der Waals surface area contributed by atoms with Gasteiger partial charge in [-0.25, -0.2) is 0 Å². The number of rotatable bonds is 2. The number of benzene rings is 1. The molecular formula is C13H10F3NO. The van der Waals surface area contributed by atoms with E-state index < -0.39 is 6.36 Å². The van der Waals surface area contributed by atoms with Crippen LogP contribution in [0.1, 0.15) is 24.3 Å². The largest absolute Gasteiger partial charge is 0.573 e. The van der Waals surface area contributed by atoms with Crippen molar-refractivity contribution in [3.63, 3.8) is 0 Å². The summed E-state index contributed by atoms with van der Waals surface area (Å²) in [6.07, 6.45) is 0.597. The Morgan fingerprint density at radius 3 is 2.67 bits per heavy atom. The first kappa shape index (κ1) is 11.3. The number of hydrogen-bond donors (Lipinski definition) is 0. The van der Waals surface area contributed by atoms with E-state index in [2.05, 4.69) is 9.72 Å². The Balaban J connectivity index is 2.11. The van der Waals surface area contributed by atoms with Crippen molar-refractivity contribution in [3.8, 4) is 5.75 Å². The molecule has 0 unspecified atom stereocenters. The maximum absolute atomic E-state index is 12.3. The van der Waals surface area contributed by atoms with Gasteiger partial charge in [-0.05, 0) is 47.9 Å². The molecule has 0 bridgehead atoms. The molecule has 1 heterocycles. The average Bonchev–Trinajstić information content (AvgIpc) is 3.09. The van der Waals surface area contributed by atoms with Gasteiger partial charge in [0.2, 0.25) is 0 Å². The maximum atomic E-state index is 12.3. The summed E-state index contributed by atoms with van der Waals surface area (Å²) in [6, 6.07) is 4.70. The van der Waals surface area contributed by atoms with Crippen LogP contribution < -0.4 is 4.74 Å². The molecule has 2 nitrogen and oxygen atoms in total. The van der Waals surface area contributed by atoms with E-state index in [9.17, 15) is 13.2 Å². The molecular weight excluding hydrogens is 243 g/mol. The first-order valence-corrected chi connectivity index (χ1v) is 5.66. The summed E-state index contributed by atoms with van der Waals surface area (Å²) in [5, 5.41) is 1.64. The Morgan fingerprint density at radius 2 is 2.00 bits per heavy atom. The third-order valence-electron chi connectivity index (χ3n) is 3.01. The Kier molecular flexibility index (Phi) is 2.43. The van der Waals surface area contributed by atoms with Crippen LogP contribution in [0.5, 0.6) is 5.75 Å². The Morgan fingerprint density at radius 1 is 1.22 bits per heavy atom. The van der Waals surface area contributed by atoms with E-state index in [-0.39, 0.29) is 5.75 Å². The number of alkyl halides is 3. The highest BCUT2D eigenvalue weighted by Gasteiger charge is 2.32. The molecule has 2 aromatic rings. The molecule has 94 valence electrons. The summed E-state index contributed by atoms with van der Waals surface area (Å²) >= 11 is 0. The molecule has 1 aliphatic carbocycles. The van der Waals surface area contributed by atoms with Crippen molar-refractivity contribution in [3.05, 3.63) is 36.2 Å². The van der Waals surface area contributed by atoms with E-state index in [1.165, 1.54) is 12.1 Å². The van der Waals surface area contributed by atoms with Crippen LogP contribution in [0.2, 0.25) is 0 Å². The summed E-state index contributed by atoms with van der Waals surface area (Å²) in [7, 11) is 0. The molecule has 5 heteroatoms. The van der Waals surface area contributed by atoms with E-state index in [1.807, 2.05) is 6.07 Å². The second-order valence-corrected chi connectivity index (χ2v) is 4.43. The molecule has 0 radical (unpaired) electrons. The number of pyridine rings is 1. The second kappa shape index (κ2) is 3.86. The molecule has 0 N–H and O–H groups in total. The summed E-state index contributed by atoms with van der Waals surface area (Å²) in [5.41, 5.74) is 0.925. The van der Waals surface area contributed by atoms with E-state index >= 15 is 0 Å². The standard InChI is InChI=1S/C13H10F3NO/c14-13(15,16)18-10-5-9-7-17-4-3-11(9)12(6-10)8-1-2-8/h3-8H,1-2H2. The smallest absolute Gasteiger partial charge is 0.406 e. The molecule has 0 amide bonds. The van der Waals surface area contributed by atoms with Gasteiger partial charge in [0.05, 0.1) is 0 Å². The molecule has 0 saturated heterocycles. The van der Waals surface area contributed by atoms with Crippen LogP contribution in [-0.4, -0.2) is 11.3 Å². The zero-order valence-electron chi connectivity index (χ0n) is 9.37. The molecule has 0 atom stereocenters. The average molecular weight is 253 g/mol. The van der Waals surface area contributed by atoms with Crippen molar-refractivity contribution < 1.29 is 17.9 Å². The lowest BCUT2D eigenvalue weighted by Crippen LogP contribution is -2.17. The second-order valence-electron chi connectivity index (χ2n) is 4.43. The molecule has 0 aliphatic heterocycles. The minimum absolute atomic E-state index is 0.162. The third-order valence-corrected chi connectivity index (χ3v) is 3.01. The van der Waals surface area contributed by atoms with Crippen LogP contribution in [0.3, 0.4) is 0 Å². The SMILES string of the molecule is FC(F)(F)Oc1cc(C2CC2)c2ccncc2c1. The Hall–Kier alpha value is -1.78. The van der Waals surface area contributed by atoms with Crippen LogP contribution in [0.4, 0.5) is 13.2 Å². The van der Waals surface area contributed by atoms with Gasteiger partial charge in [-0.3, -0.25) is 4.98 Å². The van der Waals surface area contributed by atoms with Gasteiger partial charge in [-0.1, -0.05) is 0 Å². The topological polar surface area (TPSA) is 22.1 Å². The third kappa shape index (κ3) is 2.25. The maximum Gasteiger partial charge on any atom is 0.573 e. The summed E-state index contributed by atoms with van der Waals surface area (Å²) in [6.45, 7) is 0. The Bertz CT molecular complexity index is 590. The molecule has 1 aromatic heterocycles. The lowest BCUT2D eigenvalue weighted by Gasteiger charge is -2.12. The number of hydrogen-bond acceptors (Lipinski definition) is 2. The summed E-state index contributed by atoms with van der Waals surface area (Å²) < 4.78 is 40.8. The highest BCUT2D eigenvalue weighted by Crippen LogP contribution is 2.44. The highest BCUT2D eigenvalue weighted by molar-refractivity contribution is 5.87. The van der Waals surface area contributed by atoms with E-state index in [0.717, 1.165) is 23.8 Å².